The van der Waals surface area contributed by atoms with Gasteiger partial charge in [0.05, 0.1) is 32.5 Å². The Kier molecular flexibility index (Phi) is 31.9. The summed E-state index contributed by atoms with van der Waals surface area (Å²) in [5.41, 5.74) is 16.0. The molecule has 1 aliphatic rings. The predicted octanol–water partition coefficient (Wildman–Crippen LogP) is 6.77. The number of aromatic nitrogens is 2. The maximum atomic E-state index is 15.3. The molecule has 3 aromatic carbocycles. The van der Waals surface area contributed by atoms with Crippen LogP contribution in [0.2, 0.25) is 0 Å². The Morgan fingerprint density at radius 1 is 0.625 bits per heavy atom. The average Bonchev–Trinajstić information content (AvgIpc) is 1.67. The van der Waals surface area contributed by atoms with Gasteiger partial charge in [0, 0.05) is 60.6 Å². The summed E-state index contributed by atoms with van der Waals surface area (Å²) in [5, 5.41) is 40.6. The SMILES string of the molecule is CNC(=O)C(NC(=O)C(OCc1ccc(-c2nccs2)cc1)C(OC(=O)CCCOC(=O)[C@@H](N)C(C)C)C(O)C(OCc1ccc(-c2nccs2)cc1)C(=O)NC1c2ccccc2CC1OC(=O)CCCOC(=O)[C@@H](N)C(C)C)C(C)C.O=C(O)C(F)(F)F.O=C(O)C(F)(F)F. The van der Waals surface area contributed by atoms with Crippen LogP contribution in [0, 0.1) is 17.8 Å². The molecule has 0 saturated heterocycles. The number of hydrogen-bond donors (Lipinski definition) is 8. The zero-order chi connectivity index (χ0) is 71.6. The molecule has 526 valence electrons. The number of alkyl halides is 6. The first-order valence-corrected chi connectivity index (χ1v) is 31.5. The first kappa shape index (κ1) is 80.0. The summed E-state index contributed by atoms with van der Waals surface area (Å²) in [6, 6.07) is 17.5. The number of fused-ring (bicyclic) bond motifs is 1. The number of nitrogens with two attached hydrogens (primary N) is 2. The molecule has 0 radical (unpaired) electrons. The second kappa shape index (κ2) is 38.3. The van der Waals surface area contributed by atoms with Crippen molar-refractivity contribution in [1.82, 2.24) is 25.9 Å². The number of ether oxygens (including phenoxy) is 6. The van der Waals surface area contributed by atoms with E-state index >= 15 is 4.79 Å². The number of nitrogens with zero attached hydrogens (tertiary/aromatic N) is 2. The summed E-state index contributed by atoms with van der Waals surface area (Å²) in [7, 11) is 1.40. The zero-order valence-electron chi connectivity index (χ0n) is 53.1. The highest BCUT2D eigenvalue weighted by molar-refractivity contribution is 7.13. The Morgan fingerprint density at radius 2 is 1.07 bits per heavy atom. The summed E-state index contributed by atoms with van der Waals surface area (Å²) >= 11 is 2.88. The number of nitrogens with one attached hydrogen (secondary N) is 3. The van der Waals surface area contributed by atoms with E-state index in [1.807, 2.05) is 41.1 Å². The number of aliphatic carboxylic acids is 2. The highest BCUT2D eigenvalue weighted by atomic mass is 32.1. The highest BCUT2D eigenvalue weighted by Crippen LogP contribution is 2.35. The van der Waals surface area contributed by atoms with E-state index in [4.69, 9.17) is 59.7 Å². The van der Waals surface area contributed by atoms with Crippen molar-refractivity contribution in [3.63, 3.8) is 0 Å². The third kappa shape index (κ3) is 25.6. The van der Waals surface area contributed by atoms with Gasteiger partial charge in [-0.05, 0) is 52.8 Å². The van der Waals surface area contributed by atoms with Crippen molar-refractivity contribution in [2.45, 2.75) is 154 Å². The van der Waals surface area contributed by atoms with E-state index < -0.39 is 133 Å². The van der Waals surface area contributed by atoms with E-state index in [0.29, 0.717) is 16.7 Å². The van der Waals surface area contributed by atoms with Crippen molar-refractivity contribution in [3.05, 3.63) is 118 Å². The summed E-state index contributed by atoms with van der Waals surface area (Å²) in [6.45, 7) is 9.58. The highest BCUT2D eigenvalue weighted by Gasteiger charge is 2.47. The summed E-state index contributed by atoms with van der Waals surface area (Å²) in [6.07, 6.45) is -16.2. The lowest BCUT2D eigenvalue weighted by Crippen LogP contribution is -2.60. The van der Waals surface area contributed by atoms with Crippen molar-refractivity contribution >= 4 is 76.2 Å². The molecule has 7 unspecified atom stereocenters. The number of thiazole rings is 2. The third-order valence-corrected chi connectivity index (χ3v) is 15.8. The van der Waals surface area contributed by atoms with Crippen LogP contribution in [0.3, 0.4) is 0 Å². The predicted molar refractivity (Wildman–Crippen MR) is 333 cm³/mol. The van der Waals surface area contributed by atoms with Crippen LogP contribution in [0.15, 0.2) is 96.0 Å². The van der Waals surface area contributed by atoms with Gasteiger partial charge in [0.25, 0.3) is 11.8 Å². The first-order valence-electron chi connectivity index (χ1n) is 29.8. The van der Waals surface area contributed by atoms with Gasteiger partial charge in [-0.1, -0.05) is 114 Å². The number of likely N-dealkylation sites (N-methyl/N-ethyl adjacent to an activating group) is 1. The lowest BCUT2D eigenvalue weighted by atomic mass is 9.98. The second-order valence-corrected chi connectivity index (χ2v) is 24.2. The molecular weight excluding hydrogens is 1320 g/mol. The second-order valence-electron chi connectivity index (χ2n) is 22.4. The number of aliphatic hydroxyl groups is 1. The van der Waals surface area contributed by atoms with Gasteiger partial charge in [-0.25, -0.2) is 19.6 Å². The van der Waals surface area contributed by atoms with Crippen molar-refractivity contribution in [2.24, 2.45) is 29.2 Å². The fourth-order valence-electron chi connectivity index (χ4n) is 8.68. The van der Waals surface area contributed by atoms with Crippen molar-refractivity contribution in [2.75, 3.05) is 20.3 Å². The van der Waals surface area contributed by atoms with E-state index in [2.05, 4.69) is 25.9 Å². The standard InChI is InChI=1S/C59H75N7O14S2.2C2HF3O2/c1-33(2)45(60)58(73)75-26-10-14-43(67)79-42-30-40-12-8-9-13-41(40)48(42)66-54(71)51(77-31-36-16-20-38(21-17-36)56-63-24-28-81-56)49(69)50(80-44(68)15-11-27-76-59(74)46(61)34(3)4)52(55(72)65-47(35(5)6)53(70)62-7)78-32-37-18-22-39(23-19-37)57-64-25-29-82-57;2*3-2(4,5)1(6)7/h8-9,12-13,16-25,28-29,33-35,42,45-52,69H,10-11,14-15,26-27,30-32,60-61H2,1-7H3,(H,62,70)(H,65,72)(H,66,71);2*(H,6,7)/t42?,45-,46-,47?,48?,49?,50?,51?,52?;;/m0../s1. The zero-order valence-corrected chi connectivity index (χ0v) is 54.8. The number of esters is 4. The number of carbonyl (C=O) groups is 9. The van der Waals surface area contributed by atoms with Crippen LogP contribution in [0.25, 0.3) is 21.1 Å². The normalized spacial score (nSPS) is 15.7. The Bertz CT molecular complexity index is 3300. The number of halogens is 6. The molecule has 0 bridgehead atoms. The maximum absolute atomic E-state index is 15.3. The van der Waals surface area contributed by atoms with Crippen LogP contribution in [0.5, 0.6) is 0 Å². The number of amides is 3. The van der Waals surface area contributed by atoms with Crippen molar-refractivity contribution in [1.29, 1.82) is 0 Å². The van der Waals surface area contributed by atoms with Crippen molar-refractivity contribution < 1.29 is 113 Å². The lowest BCUT2D eigenvalue weighted by Gasteiger charge is -2.35. The number of rotatable bonds is 31. The summed E-state index contributed by atoms with van der Waals surface area (Å²) < 4.78 is 99.0. The molecule has 0 saturated carbocycles. The maximum Gasteiger partial charge on any atom is 0.490 e. The van der Waals surface area contributed by atoms with Crippen LogP contribution in [0.4, 0.5) is 26.3 Å². The molecular formula is C63H77F6N7O18S2. The average molecular weight is 1400 g/mol. The summed E-state index contributed by atoms with van der Waals surface area (Å²) in [4.78, 5) is 123. The molecule has 6 rings (SSSR count). The minimum atomic E-state index is -5.08. The van der Waals surface area contributed by atoms with Gasteiger partial charge in [-0.15, -0.1) is 22.7 Å². The molecule has 9 atom stereocenters. The third-order valence-electron chi connectivity index (χ3n) is 14.1. The molecule has 5 aromatic rings. The van der Waals surface area contributed by atoms with Gasteiger partial charge in [0.1, 0.15) is 40.3 Å². The smallest absolute Gasteiger partial charge is 0.475 e. The fourth-order valence-corrected chi connectivity index (χ4v) is 9.97. The van der Waals surface area contributed by atoms with Gasteiger partial charge < -0.3 is 71.2 Å². The topological polar surface area (TPSA) is 384 Å². The Balaban J connectivity index is 0.00000126. The molecule has 1 aliphatic carbocycles. The van der Waals surface area contributed by atoms with Crippen LogP contribution in [-0.2, 0) is 91.2 Å². The first-order chi connectivity index (χ1) is 45.1. The van der Waals surface area contributed by atoms with Crippen molar-refractivity contribution in [3.8, 4) is 21.1 Å². The van der Waals surface area contributed by atoms with Crippen LogP contribution >= 0.6 is 22.7 Å². The van der Waals surface area contributed by atoms with Gasteiger partial charge >= 0.3 is 48.2 Å². The van der Waals surface area contributed by atoms with Crippen LogP contribution < -0.4 is 27.4 Å². The lowest BCUT2D eigenvalue weighted by molar-refractivity contribution is -0.193. The number of carboxylic acids is 2. The van der Waals surface area contributed by atoms with E-state index in [0.717, 1.165) is 26.7 Å². The molecule has 10 N–H and O–H groups in total. The van der Waals surface area contributed by atoms with Gasteiger partial charge in [0.15, 0.2) is 18.3 Å². The van der Waals surface area contributed by atoms with E-state index in [-0.39, 0.29) is 63.9 Å². The Morgan fingerprint density at radius 3 is 1.49 bits per heavy atom. The molecule has 2 heterocycles. The van der Waals surface area contributed by atoms with E-state index in [1.54, 1.807) is 96.4 Å². The van der Waals surface area contributed by atoms with Gasteiger partial charge in [-0.2, -0.15) is 26.3 Å². The minimum absolute atomic E-state index is 0.0660. The van der Waals surface area contributed by atoms with E-state index in [9.17, 15) is 60.2 Å². The van der Waals surface area contributed by atoms with Gasteiger partial charge in [0.2, 0.25) is 5.91 Å². The molecule has 0 fully saturated rings. The number of carboxylic acid groups (broad SMARTS) is 2. The molecule has 25 nitrogen and oxygen atoms in total. The molecule has 2 aromatic heterocycles. The Labute approximate surface area is 555 Å². The molecule has 0 spiro atoms. The van der Waals surface area contributed by atoms with Crippen LogP contribution in [0.1, 0.15) is 95.5 Å². The summed E-state index contributed by atoms with van der Waals surface area (Å²) in [5.74, 6) is -11.7. The number of hydrogen-bond acceptors (Lipinski definition) is 22. The minimum Gasteiger partial charge on any atom is -0.475 e. The van der Waals surface area contributed by atoms with E-state index in [1.165, 1.54) is 29.7 Å². The largest absolute Gasteiger partial charge is 0.490 e. The van der Waals surface area contributed by atoms with Crippen LogP contribution in [-0.4, -0.2) is 160 Å². The molecule has 33 heteroatoms. The molecule has 96 heavy (non-hydrogen) atoms. The quantitative estimate of drug-likeness (QED) is 0.00981. The molecule has 3 amide bonds. The fraction of sp³-hybridized carbons (Fsp3) is 0.476. The monoisotopic (exact) mass is 1400 g/mol. The van der Waals surface area contributed by atoms with Gasteiger partial charge in [-0.3, -0.25) is 33.6 Å². The number of benzene rings is 3. The number of carbonyl (C=O) groups excluding carboxylic acids is 7. The Hall–Kier alpha value is -8.47. The molecule has 0 aliphatic heterocycles. The number of aliphatic hydroxyl groups excluding tert-OH is 1.